The van der Waals surface area contributed by atoms with Crippen molar-refractivity contribution in [1.82, 2.24) is 0 Å². The van der Waals surface area contributed by atoms with Gasteiger partial charge >= 0.3 is 0 Å². The average molecular weight is 477 g/mol. The van der Waals surface area contributed by atoms with E-state index in [-0.39, 0.29) is 23.3 Å². The van der Waals surface area contributed by atoms with Crippen LogP contribution in [-0.2, 0) is 5.41 Å². The van der Waals surface area contributed by atoms with Crippen molar-refractivity contribution >= 4 is 11.6 Å². The molecule has 5 rings (SSSR count). The minimum Gasteiger partial charge on any atom is -0.292 e. The Morgan fingerprint density at radius 2 is 1.06 bits per heavy atom. The van der Waals surface area contributed by atoms with Gasteiger partial charge in [0.1, 0.15) is 11.6 Å². The first-order valence-electron chi connectivity index (χ1n) is 11.6. The summed E-state index contributed by atoms with van der Waals surface area (Å²) < 4.78 is 26.6. The number of allylic oxidation sites excluding steroid dienone is 4. The van der Waals surface area contributed by atoms with E-state index in [0.29, 0.717) is 16.7 Å². The monoisotopic (exact) mass is 476 g/mol. The fourth-order valence-electron chi connectivity index (χ4n) is 4.51. The van der Waals surface area contributed by atoms with Gasteiger partial charge in [0.2, 0.25) is 0 Å². The number of carbonyl (C=O) groups excluding carboxylic acids is 2. The van der Waals surface area contributed by atoms with Crippen molar-refractivity contribution in [3.8, 4) is 0 Å². The highest BCUT2D eigenvalue weighted by molar-refractivity contribution is 6.09. The molecule has 0 atom stereocenters. The van der Waals surface area contributed by atoms with Crippen LogP contribution < -0.4 is 0 Å². The van der Waals surface area contributed by atoms with E-state index in [1.54, 1.807) is 12.1 Å². The number of benzene rings is 4. The summed E-state index contributed by atoms with van der Waals surface area (Å²) in [7, 11) is 0. The summed E-state index contributed by atoms with van der Waals surface area (Å²) >= 11 is 0. The minimum absolute atomic E-state index is 0.0853. The van der Waals surface area contributed by atoms with Crippen LogP contribution in [0.1, 0.15) is 43.3 Å². The number of hydrogen-bond donors (Lipinski definition) is 0. The predicted octanol–water partition coefficient (Wildman–Crippen LogP) is 7.23. The first-order chi connectivity index (χ1) is 17.5. The molecular formula is C32H22F2O2. The Morgan fingerprint density at radius 3 is 1.58 bits per heavy atom. The number of Topliss-reactive ketones (excluding diaryl/α,β-unsaturated/α-hetero) is 1. The van der Waals surface area contributed by atoms with Crippen LogP contribution in [-0.4, -0.2) is 11.6 Å². The number of hydrogen-bond acceptors (Lipinski definition) is 2. The topological polar surface area (TPSA) is 34.1 Å². The van der Waals surface area contributed by atoms with Crippen molar-refractivity contribution in [2.24, 2.45) is 0 Å². The Balaban J connectivity index is 1.42. The van der Waals surface area contributed by atoms with Gasteiger partial charge in [-0.1, -0.05) is 78.9 Å². The van der Waals surface area contributed by atoms with Gasteiger partial charge in [0, 0.05) is 22.6 Å². The van der Waals surface area contributed by atoms with E-state index < -0.39 is 11.2 Å². The second-order valence-electron chi connectivity index (χ2n) is 8.77. The molecule has 176 valence electrons. The maximum absolute atomic E-state index is 13.7. The molecule has 0 aromatic heterocycles. The summed E-state index contributed by atoms with van der Waals surface area (Å²) in [4.78, 5) is 26.4. The molecule has 0 fully saturated rings. The van der Waals surface area contributed by atoms with E-state index >= 15 is 0 Å². The average Bonchev–Trinajstić information content (AvgIpc) is 2.94. The largest absolute Gasteiger partial charge is 0.292 e. The van der Waals surface area contributed by atoms with Crippen LogP contribution in [0, 0.1) is 11.6 Å². The van der Waals surface area contributed by atoms with Crippen molar-refractivity contribution in [2.45, 2.75) is 11.3 Å². The molecule has 0 heterocycles. The lowest BCUT2D eigenvalue weighted by Gasteiger charge is -2.30. The molecule has 0 radical (unpaired) electrons. The SMILES string of the molecule is O=C(c1ccc(F)cc1)c1ccc(C2C=CC(C(=O)c3ccc(F)cc3)(c3ccccc3)C=C2)cc1. The van der Waals surface area contributed by atoms with Gasteiger partial charge in [-0.3, -0.25) is 9.59 Å². The zero-order valence-electron chi connectivity index (χ0n) is 19.3. The fraction of sp³-hybridized carbons (Fsp3) is 0.0625. The molecule has 0 aliphatic heterocycles. The highest BCUT2D eigenvalue weighted by atomic mass is 19.1. The molecule has 0 N–H and O–H groups in total. The normalized spacial score (nSPS) is 18.7. The van der Waals surface area contributed by atoms with Crippen LogP contribution in [0.4, 0.5) is 8.78 Å². The maximum atomic E-state index is 13.7. The van der Waals surface area contributed by atoms with Gasteiger partial charge in [0.25, 0.3) is 0 Å². The second kappa shape index (κ2) is 9.67. The summed E-state index contributed by atoms with van der Waals surface area (Å²) in [6, 6.07) is 27.8. The van der Waals surface area contributed by atoms with Gasteiger partial charge in [-0.05, 0) is 59.7 Å². The van der Waals surface area contributed by atoms with Gasteiger partial charge in [-0.15, -0.1) is 0 Å². The fourth-order valence-corrected chi connectivity index (χ4v) is 4.51. The molecule has 1 aliphatic rings. The van der Waals surface area contributed by atoms with Crippen molar-refractivity contribution in [2.75, 3.05) is 0 Å². The van der Waals surface area contributed by atoms with E-state index in [9.17, 15) is 18.4 Å². The molecule has 0 bridgehead atoms. The van der Waals surface area contributed by atoms with E-state index in [0.717, 1.165) is 11.1 Å². The maximum Gasteiger partial charge on any atom is 0.193 e. The smallest absolute Gasteiger partial charge is 0.193 e. The summed E-state index contributed by atoms with van der Waals surface area (Å²) in [6.07, 6.45) is 7.75. The van der Waals surface area contributed by atoms with Crippen molar-refractivity contribution in [1.29, 1.82) is 0 Å². The van der Waals surface area contributed by atoms with Crippen LogP contribution in [0.2, 0.25) is 0 Å². The van der Waals surface area contributed by atoms with Crippen molar-refractivity contribution < 1.29 is 18.4 Å². The van der Waals surface area contributed by atoms with Crippen LogP contribution in [0.5, 0.6) is 0 Å². The summed E-state index contributed by atoms with van der Waals surface area (Å²) in [5, 5.41) is 0. The summed E-state index contributed by atoms with van der Waals surface area (Å²) in [5.74, 6) is -1.18. The third-order valence-corrected chi connectivity index (χ3v) is 6.53. The molecule has 0 unspecified atom stereocenters. The van der Waals surface area contributed by atoms with E-state index in [1.807, 2.05) is 66.8 Å². The highest BCUT2D eigenvalue weighted by Crippen LogP contribution is 2.38. The molecule has 0 saturated heterocycles. The molecular weight excluding hydrogens is 454 g/mol. The Bertz CT molecular complexity index is 1440. The van der Waals surface area contributed by atoms with E-state index in [4.69, 9.17) is 0 Å². The van der Waals surface area contributed by atoms with Crippen molar-refractivity contribution in [3.05, 3.63) is 167 Å². The lowest BCUT2D eigenvalue weighted by Crippen LogP contribution is -2.33. The second-order valence-corrected chi connectivity index (χ2v) is 8.77. The standard InChI is InChI=1S/C32H22F2O2/c33-28-14-10-25(11-15-28)30(35)24-8-6-22(7-9-24)23-18-20-32(21-19-23,27-4-2-1-3-5-27)31(36)26-12-16-29(34)17-13-26/h1-21,23H. The quantitative estimate of drug-likeness (QED) is 0.217. The number of carbonyl (C=O) groups is 2. The summed E-state index contributed by atoms with van der Waals surface area (Å²) in [5.41, 5.74) is 2.15. The van der Waals surface area contributed by atoms with Gasteiger partial charge < -0.3 is 0 Å². The highest BCUT2D eigenvalue weighted by Gasteiger charge is 2.37. The molecule has 4 aromatic carbocycles. The van der Waals surface area contributed by atoms with Crippen LogP contribution in [0.25, 0.3) is 0 Å². The molecule has 2 nitrogen and oxygen atoms in total. The van der Waals surface area contributed by atoms with Gasteiger partial charge in [-0.2, -0.15) is 0 Å². The Morgan fingerprint density at radius 1 is 0.583 bits per heavy atom. The number of rotatable bonds is 6. The van der Waals surface area contributed by atoms with Gasteiger partial charge in [0.05, 0.1) is 5.41 Å². The lowest BCUT2D eigenvalue weighted by atomic mass is 9.70. The number of halogens is 2. The van der Waals surface area contributed by atoms with Crippen molar-refractivity contribution in [3.63, 3.8) is 0 Å². The number of ketones is 2. The predicted molar refractivity (Wildman–Crippen MR) is 136 cm³/mol. The zero-order valence-corrected chi connectivity index (χ0v) is 19.3. The molecule has 0 amide bonds. The lowest BCUT2D eigenvalue weighted by molar-refractivity contribution is 0.0941. The molecule has 0 spiro atoms. The molecule has 4 aromatic rings. The zero-order chi connectivity index (χ0) is 25.1. The van der Waals surface area contributed by atoms with E-state index in [1.165, 1.54) is 48.5 Å². The first-order valence-corrected chi connectivity index (χ1v) is 11.6. The Labute approximate surface area is 208 Å². The molecule has 1 aliphatic carbocycles. The Kier molecular flexibility index (Phi) is 6.26. The van der Waals surface area contributed by atoms with E-state index in [2.05, 4.69) is 0 Å². The van der Waals surface area contributed by atoms with Gasteiger partial charge in [-0.25, -0.2) is 8.78 Å². The van der Waals surface area contributed by atoms with Crippen LogP contribution in [0.3, 0.4) is 0 Å². The molecule has 36 heavy (non-hydrogen) atoms. The minimum atomic E-state index is -1.01. The first kappa shape index (κ1) is 23.3. The van der Waals surface area contributed by atoms with Crippen LogP contribution >= 0.6 is 0 Å². The molecule has 0 saturated carbocycles. The van der Waals surface area contributed by atoms with Gasteiger partial charge in [0.15, 0.2) is 11.6 Å². The summed E-state index contributed by atoms with van der Waals surface area (Å²) in [6.45, 7) is 0. The third-order valence-electron chi connectivity index (χ3n) is 6.53. The third kappa shape index (κ3) is 4.46. The molecule has 4 heteroatoms. The Hall–Kier alpha value is -4.44. The van der Waals surface area contributed by atoms with Crippen LogP contribution in [0.15, 0.2) is 127 Å².